The van der Waals surface area contributed by atoms with Gasteiger partial charge in [-0.3, -0.25) is 4.79 Å². The average molecular weight is 299 g/mol. The van der Waals surface area contributed by atoms with Gasteiger partial charge >= 0.3 is 5.97 Å². The number of benzene rings is 1. The minimum absolute atomic E-state index is 0.245. The van der Waals surface area contributed by atoms with Crippen LogP contribution in [0.1, 0.15) is 51.7 Å². The first-order valence-corrected chi connectivity index (χ1v) is 7.60. The van der Waals surface area contributed by atoms with Gasteiger partial charge < -0.3 is 4.74 Å². The lowest BCUT2D eigenvalue weighted by Gasteiger charge is -2.10. The molecule has 0 N–H and O–H groups in total. The quantitative estimate of drug-likeness (QED) is 0.710. The Hall–Kier alpha value is -1.02. The Morgan fingerprint density at radius 2 is 1.85 bits per heavy atom. The van der Waals surface area contributed by atoms with Gasteiger partial charge in [0.05, 0.1) is 7.11 Å². The number of carbonyl (C=O) groups is 1. The highest BCUT2D eigenvalue weighted by atomic mass is 35.5. The van der Waals surface area contributed by atoms with Gasteiger partial charge in [0.25, 0.3) is 0 Å². The molecule has 3 heteroatoms. The van der Waals surface area contributed by atoms with Crippen LogP contribution in [0.5, 0.6) is 0 Å². The summed E-state index contributed by atoms with van der Waals surface area (Å²) in [5.74, 6) is 0.517. The average Bonchev–Trinajstić information content (AvgIpc) is 2.39. The number of methoxy groups -OCH3 is 1. The molecule has 0 aliphatic heterocycles. The van der Waals surface area contributed by atoms with Crippen LogP contribution >= 0.6 is 11.6 Å². The van der Waals surface area contributed by atoms with Gasteiger partial charge in [0.15, 0.2) is 0 Å². The van der Waals surface area contributed by atoms with Crippen molar-refractivity contribution >= 4 is 17.6 Å². The zero-order chi connectivity index (χ0) is 15.5. The number of carbonyl (C=O) groups excluding carboxylic acids is 1. The van der Waals surface area contributed by atoms with E-state index in [4.69, 9.17) is 11.6 Å². The number of hydrogen-bond acceptors (Lipinski definition) is 2. The predicted octanol–water partition coefficient (Wildman–Crippen LogP) is 5.06. The maximum absolute atomic E-state index is 9.59. The molecule has 0 radical (unpaired) electrons. The maximum Gasteiger partial charge on any atom is 0.302 e. The summed E-state index contributed by atoms with van der Waals surface area (Å²) in [6, 6.07) is 6.32. The number of esters is 1. The molecule has 0 amide bonds. The standard InChI is InChI=1S/C14H21Cl.C3H6O2/c1-4-5-12-8-9-14(15)10-13(12)7-6-11(2)3;1-3(4)5-2/h8-11H,4-7H2,1-3H3;1-2H3. The second-order valence-electron chi connectivity index (χ2n) is 5.29. The Kier molecular flexibility index (Phi) is 10.2. The zero-order valence-corrected chi connectivity index (χ0v) is 14.1. The minimum atomic E-state index is -0.245. The van der Waals surface area contributed by atoms with E-state index in [1.54, 1.807) is 0 Å². The molecule has 0 bridgehead atoms. The van der Waals surface area contributed by atoms with Crippen LogP contribution in [0.4, 0.5) is 0 Å². The van der Waals surface area contributed by atoms with Gasteiger partial charge in [0, 0.05) is 11.9 Å². The van der Waals surface area contributed by atoms with Crippen molar-refractivity contribution < 1.29 is 9.53 Å². The molecule has 0 fully saturated rings. The predicted molar refractivity (Wildman–Crippen MR) is 86.3 cm³/mol. The van der Waals surface area contributed by atoms with Gasteiger partial charge in [-0.25, -0.2) is 0 Å². The van der Waals surface area contributed by atoms with Crippen LogP contribution in [0, 0.1) is 5.92 Å². The fourth-order valence-corrected chi connectivity index (χ4v) is 1.98. The molecule has 0 spiro atoms. The normalized spacial score (nSPS) is 9.95. The SMILES string of the molecule is CCCc1ccc(Cl)cc1CCC(C)C.COC(C)=O. The first kappa shape index (κ1) is 19.0. The van der Waals surface area contributed by atoms with E-state index in [-0.39, 0.29) is 5.97 Å². The highest BCUT2D eigenvalue weighted by Crippen LogP contribution is 2.20. The molecule has 0 saturated carbocycles. The molecular weight excluding hydrogens is 272 g/mol. The van der Waals surface area contributed by atoms with Gasteiger partial charge in [-0.1, -0.05) is 44.9 Å². The summed E-state index contributed by atoms with van der Waals surface area (Å²) in [6.07, 6.45) is 4.78. The largest absolute Gasteiger partial charge is 0.469 e. The van der Waals surface area contributed by atoms with E-state index in [1.165, 1.54) is 44.4 Å². The Morgan fingerprint density at radius 3 is 2.30 bits per heavy atom. The van der Waals surface area contributed by atoms with E-state index in [1.807, 2.05) is 6.07 Å². The highest BCUT2D eigenvalue weighted by molar-refractivity contribution is 6.30. The van der Waals surface area contributed by atoms with Gasteiger partial charge in [0.1, 0.15) is 0 Å². The van der Waals surface area contributed by atoms with E-state index in [0.29, 0.717) is 0 Å². The van der Waals surface area contributed by atoms with Crippen molar-refractivity contribution in [3.05, 3.63) is 34.3 Å². The van der Waals surface area contributed by atoms with Crippen molar-refractivity contribution in [3.8, 4) is 0 Å². The number of hydrogen-bond donors (Lipinski definition) is 0. The monoisotopic (exact) mass is 298 g/mol. The Labute approximate surface area is 128 Å². The lowest BCUT2D eigenvalue weighted by Crippen LogP contribution is -1.97. The first-order chi connectivity index (χ1) is 9.40. The summed E-state index contributed by atoms with van der Waals surface area (Å²) < 4.78 is 4.11. The summed E-state index contributed by atoms with van der Waals surface area (Å²) >= 11 is 6.03. The number of rotatable bonds is 5. The highest BCUT2D eigenvalue weighted by Gasteiger charge is 2.04. The number of ether oxygens (including phenoxy) is 1. The Balaban J connectivity index is 0.000000621. The lowest BCUT2D eigenvalue weighted by atomic mass is 9.96. The van der Waals surface area contributed by atoms with Gasteiger partial charge in [-0.05, 0) is 48.4 Å². The van der Waals surface area contributed by atoms with Crippen LogP contribution in [0.15, 0.2) is 18.2 Å². The topological polar surface area (TPSA) is 26.3 Å². The van der Waals surface area contributed by atoms with E-state index >= 15 is 0 Å². The summed E-state index contributed by atoms with van der Waals surface area (Å²) in [5.41, 5.74) is 2.92. The van der Waals surface area contributed by atoms with E-state index in [2.05, 4.69) is 37.6 Å². The van der Waals surface area contributed by atoms with Gasteiger partial charge in [-0.2, -0.15) is 0 Å². The number of halogens is 1. The molecule has 0 unspecified atom stereocenters. The van der Waals surface area contributed by atoms with Crippen LogP contribution in [0.3, 0.4) is 0 Å². The molecule has 20 heavy (non-hydrogen) atoms. The zero-order valence-electron chi connectivity index (χ0n) is 13.3. The van der Waals surface area contributed by atoms with E-state index < -0.39 is 0 Å². The maximum atomic E-state index is 9.59. The molecule has 1 rings (SSSR count). The molecule has 0 heterocycles. The van der Waals surface area contributed by atoms with Crippen LogP contribution < -0.4 is 0 Å². The molecule has 1 aromatic carbocycles. The summed E-state index contributed by atoms with van der Waals surface area (Å²) in [7, 11) is 1.35. The van der Waals surface area contributed by atoms with E-state index in [9.17, 15) is 4.79 Å². The smallest absolute Gasteiger partial charge is 0.302 e. The summed E-state index contributed by atoms with van der Waals surface area (Å²) in [4.78, 5) is 9.59. The third-order valence-electron chi connectivity index (χ3n) is 2.97. The fourth-order valence-electron chi connectivity index (χ4n) is 1.78. The molecule has 0 atom stereocenters. The van der Waals surface area contributed by atoms with Crippen LogP contribution in [-0.4, -0.2) is 13.1 Å². The van der Waals surface area contributed by atoms with Crippen molar-refractivity contribution in [1.82, 2.24) is 0 Å². The first-order valence-electron chi connectivity index (χ1n) is 7.22. The van der Waals surface area contributed by atoms with Crippen molar-refractivity contribution in [2.45, 2.75) is 53.4 Å². The fraction of sp³-hybridized carbons (Fsp3) is 0.588. The molecule has 114 valence electrons. The third kappa shape index (κ3) is 8.98. The van der Waals surface area contributed by atoms with Crippen LogP contribution in [0.25, 0.3) is 0 Å². The molecule has 0 aromatic heterocycles. The van der Waals surface area contributed by atoms with E-state index in [0.717, 1.165) is 17.4 Å². The Bertz CT molecular complexity index is 400. The summed E-state index contributed by atoms with van der Waals surface area (Å²) in [6.45, 7) is 8.12. The van der Waals surface area contributed by atoms with Crippen molar-refractivity contribution in [3.63, 3.8) is 0 Å². The van der Waals surface area contributed by atoms with Crippen molar-refractivity contribution in [2.75, 3.05) is 7.11 Å². The second-order valence-corrected chi connectivity index (χ2v) is 5.73. The van der Waals surface area contributed by atoms with Gasteiger partial charge in [0.2, 0.25) is 0 Å². The summed E-state index contributed by atoms with van der Waals surface area (Å²) in [5, 5.41) is 0.869. The third-order valence-corrected chi connectivity index (χ3v) is 3.20. The Morgan fingerprint density at radius 1 is 1.25 bits per heavy atom. The molecule has 1 aromatic rings. The second kappa shape index (κ2) is 10.7. The van der Waals surface area contributed by atoms with Crippen LogP contribution in [0.2, 0.25) is 5.02 Å². The minimum Gasteiger partial charge on any atom is -0.469 e. The molecule has 2 nitrogen and oxygen atoms in total. The van der Waals surface area contributed by atoms with Crippen molar-refractivity contribution in [2.24, 2.45) is 5.92 Å². The van der Waals surface area contributed by atoms with Crippen LogP contribution in [-0.2, 0) is 22.4 Å². The molecule has 0 aliphatic rings. The van der Waals surface area contributed by atoms with Gasteiger partial charge in [-0.15, -0.1) is 0 Å². The van der Waals surface area contributed by atoms with Crippen molar-refractivity contribution in [1.29, 1.82) is 0 Å². The lowest BCUT2D eigenvalue weighted by molar-refractivity contribution is -0.137. The number of aryl methyl sites for hydroxylation is 2. The molecule has 0 aliphatic carbocycles. The molecular formula is C17H27ClO2. The molecule has 0 saturated heterocycles.